The molecule has 2 heterocycles. The van der Waals surface area contributed by atoms with Gasteiger partial charge in [0.15, 0.2) is 5.13 Å². The number of carbonyl (C=O) groups excluding carboxylic acids is 1. The summed E-state index contributed by atoms with van der Waals surface area (Å²) >= 11 is 1.41. The molecule has 0 radical (unpaired) electrons. The molecule has 4 aromatic rings. The van der Waals surface area contributed by atoms with Crippen LogP contribution in [0.1, 0.15) is 23.6 Å². The number of fused-ring (bicyclic) bond motifs is 1. The normalized spacial score (nSPS) is 18.4. The third-order valence-electron chi connectivity index (χ3n) is 5.32. The molecule has 0 bridgehead atoms. The van der Waals surface area contributed by atoms with Crippen molar-refractivity contribution >= 4 is 33.3 Å². The molecular formula is C22H18FN3OS. The Hall–Kier alpha value is -2.99. The quantitative estimate of drug-likeness (QED) is 0.484. The number of para-hydroxylation sites is 1. The van der Waals surface area contributed by atoms with Crippen molar-refractivity contribution in [1.82, 2.24) is 9.97 Å². The Morgan fingerprint density at radius 2 is 2.00 bits per heavy atom. The number of amides is 1. The van der Waals surface area contributed by atoms with Crippen molar-refractivity contribution in [3.63, 3.8) is 0 Å². The van der Waals surface area contributed by atoms with Crippen LogP contribution in [0.2, 0.25) is 0 Å². The summed E-state index contributed by atoms with van der Waals surface area (Å²) in [7, 11) is 0. The molecule has 0 aliphatic heterocycles. The maximum absolute atomic E-state index is 13.9. The Balaban J connectivity index is 1.34. The van der Waals surface area contributed by atoms with Crippen LogP contribution in [-0.4, -0.2) is 15.9 Å². The zero-order valence-corrected chi connectivity index (χ0v) is 16.0. The molecule has 2 aromatic heterocycles. The van der Waals surface area contributed by atoms with Gasteiger partial charge >= 0.3 is 0 Å². The highest BCUT2D eigenvalue weighted by Gasteiger charge is 2.45. The van der Waals surface area contributed by atoms with Gasteiger partial charge in [-0.2, -0.15) is 0 Å². The van der Waals surface area contributed by atoms with Gasteiger partial charge in [0.05, 0.1) is 5.69 Å². The highest BCUT2D eigenvalue weighted by molar-refractivity contribution is 7.14. The minimum absolute atomic E-state index is 0.0449. The molecule has 1 aliphatic carbocycles. The fourth-order valence-electron chi connectivity index (χ4n) is 3.86. The molecular weight excluding hydrogens is 373 g/mol. The molecule has 2 aromatic carbocycles. The molecule has 0 spiro atoms. The van der Waals surface area contributed by atoms with E-state index in [-0.39, 0.29) is 23.6 Å². The lowest BCUT2D eigenvalue weighted by molar-refractivity contribution is -0.117. The van der Waals surface area contributed by atoms with Crippen LogP contribution in [0.3, 0.4) is 0 Å². The van der Waals surface area contributed by atoms with Crippen molar-refractivity contribution in [1.29, 1.82) is 0 Å². The lowest BCUT2D eigenvalue weighted by atomic mass is 10.1. The SMILES string of the molecule is Cc1[nH]c2ccccc2c1-c1csc(NC(=O)C2CC2c2ccccc2F)n1. The maximum atomic E-state index is 13.9. The van der Waals surface area contributed by atoms with Gasteiger partial charge in [-0.05, 0) is 37.0 Å². The van der Waals surface area contributed by atoms with E-state index >= 15 is 0 Å². The Bertz CT molecular complexity index is 1200. The average molecular weight is 391 g/mol. The van der Waals surface area contributed by atoms with E-state index in [2.05, 4.69) is 21.4 Å². The molecule has 1 aliphatic rings. The van der Waals surface area contributed by atoms with Gasteiger partial charge in [0, 0.05) is 33.5 Å². The van der Waals surface area contributed by atoms with E-state index in [1.54, 1.807) is 12.1 Å². The van der Waals surface area contributed by atoms with Crippen molar-refractivity contribution in [2.24, 2.45) is 5.92 Å². The molecule has 2 atom stereocenters. The first-order valence-electron chi connectivity index (χ1n) is 9.20. The van der Waals surface area contributed by atoms with Gasteiger partial charge in [-0.3, -0.25) is 4.79 Å². The number of benzene rings is 2. The zero-order valence-electron chi connectivity index (χ0n) is 15.2. The van der Waals surface area contributed by atoms with Crippen LogP contribution in [0.15, 0.2) is 53.9 Å². The standard InChI is InChI=1S/C22H18FN3OS/c1-12-20(14-7-3-5-9-18(14)24-12)19-11-28-22(25-19)26-21(27)16-10-15(16)13-6-2-4-8-17(13)23/h2-9,11,15-16,24H,10H2,1H3,(H,25,26,27). The highest BCUT2D eigenvalue weighted by atomic mass is 32.1. The molecule has 2 unspecified atom stereocenters. The van der Waals surface area contributed by atoms with E-state index in [0.717, 1.165) is 27.9 Å². The van der Waals surface area contributed by atoms with Crippen LogP contribution < -0.4 is 5.32 Å². The summed E-state index contributed by atoms with van der Waals surface area (Å²) in [4.78, 5) is 20.6. The number of anilines is 1. The third-order valence-corrected chi connectivity index (χ3v) is 6.07. The Kier molecular flexibility index (Phi) is 4.02. The van der Waals surface area contributed by atoms with Gasteiger partial charge in [0.1, 0.15) is 5.82 Å². The molecule has 1 amide bonds. The summed E-state index contributed by atoms with van der Waals surface area (Å²) in [6.45, 7) is 2.02. The molecule has 140 valence electrons. The topological polar surface area (TPSA) is 57.8 Å². The fourth-order valence-corrected chi connectivity index (χ4v) is 4.56. The van der Waals surface area contributed by atoms with Gasteiger partial charge in [-0.15, -0.1) is 11.3 Å². The van der Waals surface area contributed by atoms with Crippen LogP contribution >= 0.6 is 11.3 Å². The van der Waals surface area contributed by atoms with Crippen molar-refractivity contribution in [3.05, 3.63) is 71.0 Å². The number of nitrogens with zero attached hydrogens (tertiary/aromatic N) is 1. The molecule has 0 saturated heterocycles. The lowest BCUT2D eigenvalue weighted by Crippen LogP contribution is -2.14. The predicted molar refractivity (Wildman–Crippen MR) is 110 cm³/mol. The maximum Gasteiger partial charge on any atom is 0.229 e. The van der Waals surface area contributed by atoms with Gasteiger partial charge in [-0.25, -0.2) is 9.37 Å². The van der Waals surface area contributed by atoms with Gasteiger partial charge in [0.2, 0.25) is 5.91 Å². The van der Waals surface area contributed by atoms with E-state index in [0.29, 0.717) is 17.1 Å². The first-order chi connectivity index (χ1) is 13.6. The first kappa shape index (κ1) is 17.1. The van der Waals surface area contributed by atoms with Gasteiger partial charge < -0.3 is 10.3 Å². The smallest absolute Gasteiger partial charge is 0.229 e. The zero-order chi connectivity index (χ0) is 19.3. The van der Waals surface area contributed by atoms with Gasteiger partial charge in [-0.1, -0.05) is 36.4 Å². The number of rotatable bonds is 4. The number of carbonyl (C=O) groups is 1. The average Bonchev–Trinajstić information content (AvgIpc) is 3.24. The summed E-state index contributed by atoms with van der Waals surface area (Å²) < 4.78 is 13.9. The molecule has 28 heavy (non-hydrogen) atoms. The van der Waals surface area contributed by atoms with Crippen LogP contribution in [0, 0.1) is 18.7 Å². The van der Waals surface area contributed by atoms with Crippen LogP contribution in [0.5, 0.6) is 0 Å². The lowest BCUT2D eigenvalue weighted by Gasteiger charge is -2.03. The second kappa shape index (κ2) is 6.56. The van der Waals surface area contributed by atoms with E-state index in [1.165, 1.54) is 17.4 Å². The van der Waals surface area contributed by atoms with E-state index in [1.807, 2.05) is 36.6 Å². The second-order valence-corrected chi connectivity index (χ2v) is 8.03. The molecule has 6 heteroatoms. The first-order valence-corrected chi connectivity index (χ1v) is 10.1. The molecule has 2 N–H and O–H groups in total. The van der Waals surface area contributed by atoms with Crippen LogP contribution in [-0.2, 0) is 4.79 Å². The van der Waals surface area contributed by atoms with Gasteiger partial charge in [0.25, 0.3) is 0 Å². The van der Waals surface area contributed by atoms with E-state index in [9.17, 15) is 9.18 Å². The fraction of sp³-hybridized carbons (Fsp3) is 0.182. The molecule has 5 rings (SSSR count). The number of hydrogen-bond acceptors (Lipinski definition) is 3. The summed E-state index contributed by atoms with van der Waals surface area (Å²) in [5, 5.41) is 6.56. The molecule has 1 fully saturated rings. The number of nitrogens with one attached hydrogen (secondary N) is 2. The predicted octanol–water partition coefficient (Wildman–Crippen LogP) is 5.48. The summed E-state index contributed by atoms with van der Waals surface area (Å²) in [6.07, 6.45) is 0.673. The van der Waals surface area contributed by atoms with Crippen molar-refractivity contribution < 1.29 is 9.18 Å². The molecule has 1 saturated carbocycles. The van der Waals surface area contributed by atoms with Crippen molar-refractivity contribution in [2.75, 3.05) is 5.32 Å². The summed E-state index contributed by atoms with van der Waals surface area (Å²) in [6, 6.07) is 14.8. The molecule has 4 nitrogen and oxygen atoms in total. The number of aromatic amines is 1. The van der Waals surface area contributed by atoms with Crippen molar-refractivity contribution in [2.45, 2.75) is 19.3 Å². The largest absolute Gasteiger partial charge is 0.358 e. The second-order valence-electron chi connectivity index (χ2n) is 7.17. The third kappa shape index (κ3) is 2.90. The Labute approximate surface area is 165 Å². The Morgan fingerprint density at radius 3 is 2.86 bits per heavy atom. The number of halogens is 1. The van der Waals surface area contributed by atoms with E-state index < -0.39 is 0 Å². The minimum atomic E-state index is -0.242. The van der Waals surface area contributed by atoms with Crippen LogP contribution in [0.25, 0.3) is 22.2 Å². The number of hydrogen-bond donors (Lipinski definition) is 2. The Morgan fingerprint density at radius 1 is 1.21 bits per heavy atom. The summed E-state index contributed by atoms with van der Waals surface area (Å²) in [5.74, 6) is -0.575. The minimum Gasteiger partial charge on any atom is -0.358 e. The van der Waals surface area contributed by atoms with Crippen molar-refractivity contribution in [3.8, 4) is 11.3 Å². The number of aromatic nitrogens is 2. The monoisotopic (exact) mass is 391 g/mol. The van der Waals surface area contributed by atoms with Crippen LogP contribution in [0.4, 0.5) is 9.52 Å². The number of aryl methyl sites for hydroxylation is 1. The van der Waals surface area contributed by atoms with E-state index in [4.69, 9.17) is 0 Å². The number of H-pyrrole nitrogens is 1. The number of thiazole rings is 1. The highest BCUT2D eigenvalue weighted by Crippen LogP contribution is 2.49. The summed E-state index contributed by atoms with van der Waals surface area (Å²) in [5.41, 5.74) is 4.64.